The summed E-state index contributed by atoms with van der Waals surface area (Å²) in [6.07, 6.45) is 5.18. The van der Waals surface area contributed by atoms with Gasteiger partial charge in [0.15, 0.2) is 0 Å². The SMILES string of the molecule is CSCC(CCO)NC1CCOCC1. The van der Waals surface area contributed by atoms with Gasteiger partial charge in [0.05, 0.1) is 0 Å². The predicted octanol–water partition coefficient (Wildman–Crippen LogP) is 0.869. The van der Waals surface area contributed by atoms with E-state index in [-0.39, 0.29) is 6.61 Å². The van der Waals surface area contributed by atoms with Crippen LogP contribution in [0.1, 0.15) is 19.3 Å². The first kappa shape index (κ1) is 12.3. The number of hydrogen-bond donors (Lipinski definition) is 2. The standard InChI is InChI=1S/C10H21NO2S/c1-14-8-10(2-5-12)11-9-3-6-13-7-4-9/h9-12H,2-8H2,1H3. The maximum absolute atomic E-state index is 8.92. The lowest BCUT2D eigenvalue weighted by Gasteiger charge is -2.28. The van der Waals surface area contributed by atoms with Crippen LogP contribution in [0.4, 0.5) is 0 Å². The lowest BCUT2D eigenvalue weighted by Crippen LogP contribution is -2.43. The molecule has 1 saturated heterocycles. The highest BCUT2D eigenvalue weighted by Gasteiger charge is 2.17. The molecular formula is C10H21NO2S. The Morgan fingerprint density at radius 2 is 2.21 bits per heavy atom. The van der Waals surface area contributed by atoms with Crippen molar-refractivity contribution in [3.05, 3.63) is 0 Å². The molecule has 2 N–H and O–H groups in total. The third kappa shape index (κ3) is 4.64. The number of rotatable bonds is 6. The zero-order valence-corrected chi connectivity index (χ0v) is 9.68. The highest BCUT2D eigenvalue weighted by atomic mass is 32.2. The second-order valence-electron chi connectivity index (χ2n) is 3.72. The van der Waals surface area contributed by atoms with E-state index in [4.69, 9.17) is 9.84 Å². The number of nitrogens with one attached hydrogen (secondary N) is 1. The molecular weight excluding hydrogens is 198 g/mol. The Morgan fingerprint density at radius 1 is 1.50 bits per heavy atom. The van der Waals surface area contributed by atoms with Gasteiger partial charge in [-0.3, -0.25) is 0 Å². The number of aliphatic hydroxyl groups excluding tert-OH is 1. The monoisotopic (exact) mass is 219 g/mol. The Balaban J connectivity index is 2.21. The van der Waals surface area contributed by atoms with Crippen LogP contribution in [0.3, 0.4) is 0 Å². The van der Waals surface area contributed by atoms with Gasteiger partial charge in [-0.2, -0.15) is 11.8 Å². The molecule has 0 bridgehead atoms. The molecule has 1 aliphatic heterocycles. The van der Waals surface area contributed by atoms with Crippen molar-refractivity contribution in [1.82, 2.24) is 5.32 Å². The first-order valence-corrected chi connectivity index (χ1v) is 6.69. The molecule has 84 valence electrons. The lowest BCUT2D eigenvalue weighted by atomic mass is 10.1. The van der Waals surface area contributed by atoms with Gasteiger partial charge in [-0.05, 0) is 25.5 Å². The molecule has 0 aromatic heterocycles. The minimum absolute atomic E-state index is 0.279. The van der Waals surface area contributed by atoms with E-state index >= 15 is 0 Å². The van der Waals surface area contributed by atoms with E-state index in [1.165, 1.54) is 0 Å². The molecule has 0 aliphatic carbocycles. The number of hydrogen-bond acceptors (Lipinski definition) is 4. The van der Waals surface area contributed by atoms with Crippen LogP contribution in [0.15, 0.2) is 0 Å². The van der Waals surface area contributed by atoms with Crippen molar-refractivity contribution in [3.63, 3.8) is 0 Å². The van der Waals surface area contributed by atoms with Crippen LogP contribution in [-0.4, -0.2) is 49.0 Å². The summed E-state index contributed by atoms with van der Waals surface area (Å²) in [5, 5.41) is 12.5. The van der Waals surface area contributed by atoms with Gasteiger partial charge in [0.25, 0.3) is 0 Å². The minimum Gasteiger partial charge on any atom is -0.396 e. The molecule has 1 fully saturated rings. The largest absolute Gasteiger partial charge is 0.396 e. The quantitative estimate of drug-likeness (QED) is 0.695. The summed E-state index contributed by atoms with van der Waals surface area (Å²) < 4.78 is 5.31. The molecule has 0 aromatic rings. The predicted molar refractivity (Wildman–Crippen MR) is 60.8 cm³/mol. The Bertz CT molecular complexity index is 134. The Hall–Kier alpha value is 0.230. The number of thioether (sulfide) groups is 1. The summed E-state index contributed by atoms with van der Waals surface area (Å²) in [7, 11) is 0. The van der Waals surface area contributed by atoms with E-state index in [0.717, 1.165) is 38.2 Å². The lowest BCUT2D eigenvalue weighted by molar-refractivity contribution is 0.0746. The van der Waals surface area contributed by atoms with E-state index in [2.05, 4.69) is 11.6 Å². The minimum atomic E-state index is 0.279. The van der Waals surface area contributed by atoms with E-state index < -0.39 is 0 Å². The molecule has 0 aromatic carbocycles. The zero-order chi connectivity index (χ0) is 10.2. The van der Waals surface area contributed by atoms with Gasteiger partial charge in [0, 0.05) is 37.7 Å². The zero-order valence-electron chi connectivity index (χ0n) is 8.87. The molecule has 3 nitrogen and oxygen atoms in total. The second kappa shape index (κ2) is 7.51. The molecule has 1 heterocycles. The summed E-state index contributed by atoms with van der Waals surface area (Å²) in [6, 6.07) is 1.05. The molecule has 0 spiro atoms. The van der Waals surface area contributed by atoms with Crippen molar-refractivity contribution in [1.29, 1.82) is 0 Å². The summed E-state index contributed by atoms with van der Waals surface area (Å²) >= 11 is 1.83. The first-order valence-electron chi connectivity index (χ1n) is 5.30. The molecule has 1 unspecified atom stereocenters. The number of ether oxygens (including phenoxy) is 1. The first-order chi connectivity index (χ1) is 6.86. The Morgan fingerprint density at radius 3 is 2.79 bits per heavy atom. The topological polar surface area (TPSA) is 41.5 Å². The fraction of sp³-hybridized carbons (Fsp3) is 1.00. The van der Waals surface area contributed by atoms with Crippen LogP contribution >= 0.6 is 11.8 Å². The van der Waals surface area contributed by atoms with Crippen LogP contribution in [0, 0.1) is 0 Å². The molecule has 1 atom stereocenters. The van der Waals surface area contributed by atoms with Crippen LogP contribution < -0.4 is 5.32 Å². The molecule has 14 heavy (non-hydrogen) atoms. The average molecular weight is 219 g/mol. The molecule has 0 radical (unpaired) electrons. The number of aliphatic hydroxyl groups is 1. The van der Waals surface area contributed by atoms with Gasteiger partial charge in [0.1, 0.15) is 0 Å². The fourth-order valence-corrected chi connectivity index (χ4v) is 2.43. The summed E-state index contributed by atoms with van der Waals surface area (Å²) in [6.45, 7) is 2.03. The summed E-state index contributed by atoms with van der Waals surface area (Å²) in [4.78, 5) is 0. The Labute approximate surface area is 90.6 Å². The maximum Gasteiger partial charge on any atom is 0.0480 e. The van der Waals surface area contributed by atoms with Gasteiger partial charge >= 0.3 is 0 Å². The van der Waals surface area contributed by atoms with Crippen molar-refractivity contribution in [2.75, 3.05) is 31.8 Å². The van der Waals surface area contributed by atoms with E-state index in [1.807, 2.05) is 11.8 Å². The molecule has 1 aliphatic rings. The molecule has 0 amide bonds. The molecule has 1 rings (SSSR count). The van der Waals surface area contributed by atoms with Gasteiger partial charge in [-0.1, -0.05) is 0 Å². The van der Waals surface area contributed by atoms with Gasteiger partial charge in [-0.15, -0.1) is 0 Å². The van der Waals surface area contributed by atoms with Crippen LogP contribution in [-0.2, 0) is 4.74 Å². The van der Waals surface area contributed by atoms with Crippen molar-refractivity contribution in [2.45, 2.75) is 31.3 Å². The third-order valence-corrected chi connectivity index (χ3v) is 3.27. The molecule has 0 saturated carbocycles. The maximum atomic E-state index is 8.92. The van der Waals surface area contributed by atoms with Gasteiger partial charge in [0.2, 0.25) is 0 Å². The second-order valence-corrected chi connectivity index (χ2v) is 4.63. The molecule has 4 heteroatoms. The fourth-order valence-electron chi connectivity index (χ4n) is 1.77. The van der Waals surface area contributed by atoms with E-state index in [1.54, 1.807) is 0 Å². The van der Waals surface area contributed by atoms with Gasteiger partial charge in [-0.25, -0.2) is 0 Å². The van der Waals surface area contributed by atoms with Crippen molar-refractivity contribution in [2.24, 2.45) is 0 Å². The normalized spacial score (nSPS) is 21.0. The van der Waals surface area contributed by atoms with Crippen LogP contribution in [0.25, 0.3) is 0 Å². The Kier molecular flexibility index (Phi) is 6.60. The van der Waals surface area contributed by atoms with E-state index in [0.29, 0.717) is 12.1 Å². The average Bonchev–Trinajstić information content (AvgIpc) is 2.20. The van der Waals surface area contributed by atoms with Crippen molar-refractivity contribution in [3.8, 4) is 0 Å². The van der Waals surface area contributed by atoms with Gasteiger partial charge < -0.3 is 15.2 Å². The van der Waals surface area contributed by atoms with Crippen LogP contribution in [0.5, 0.6) is 0 Å². The van der Waals surface area contributed by atoms with Crippen LogP contribution in [0.2, 0.25) is 0 Å². The smallest absolute Gasteiger partial charge is 0.0480 e. The van der Waals surface area contributed by atoms with Crippen molar-refractivity contribution >= 4 is 11.8 Å². The summed E-state index contributed by atoms with van der Waals surface area (Å²) in [5.74, 6) is 1.08. The van der Waals surface area contributed by atoms with E-state index in [9.17, 15) is 0 Å². The highest BCUT2D eigenvalue weighted by molar-refractivity contribution is 7.98. The van der Waals surface area contributed by atoms with Crippen molar-refractivity contribution < 1.29 is 9.84 Å². The summed E-state index contributed by atoms with van der Waals surface area (Å²) in [5.41, 5.74) is 0. The highest BCUT2D eigenvalue weighted by Crippen LogP contribution is 2.10. The third-order valence-electron chi connectivity index (χ3n) is 2.54.